The minimum Gasteiger partial charge on any atom is -0.357 e. The summed E-state index contributed by atoms with van der Waals surface area (Å²) in [6, 6.07) is 1.19. The van der Waals surface area contributed by atoms with Gasteiger partial charge in [0, 0.05) is 30.7 Å². The third-order valence-corrected chi connectivity index (χ3v) is 3.62. The molecule has 0 aromatic rings. The van der Waals surface area contributed by atoms with Gasteiger partial charge < -0.3 is 16.0 Å². The summed E-state index contributed by atoms with van der Waals surface area (Å²) in [5.41, 5.74) is -0.222. The molecule has 0 heterocycles. The zero-order chi connectivity index (χ0) is 16.8. The van der Waals surface area contributed by atoms with Gasteiger partial charge in [0.25, 0.3) is 0 Å². The van der Waals surface area contributed by atoms with Gasteiger partial charge >= 0.3 is 0 Å². The number of aliphatic imine (C=N–C) groups is 1. The van der Waals surface area contributed by atoms with E-state index in [1.54, 1.807) is 0 Å². The number of nitrogens with zero attached hydrogens (tertiary/aromatic N) is 2. The molecule has 1 aliphatic carbocycles. The second-order valence-corrected chi connectivity index (χ2v) is 7.12. The van der Waals surface area contributed by atoms with E-state index in [1.165, 1.54) is 12.8 Å². The molecule has 1 unspecified atom stereocenters. The van der Waals surface area contributed by atoms with Gasteiger partial charge in [-0.1, -0.05) is 0 Å². The molecule has 23 heavy (non-hydrogen) atoms. The molecule has 6 nitrogen and oxygen atoms in total. The van der Waals surface area contributed by atoms with Crippen LogP contribution in [0, 0.1) is 0 Å². The van der Waals surface area contributed by atoms with E-state index >= 15 is 0 Å². The second kappa shape index (κ2) is 10.3. The molecule has 136 valence electrons. The van der Waals surface area contributed by atoms with Crippen molar-refractivity contribution in [3.05, 3.63) is 0 Å². The first-order valence-corrected chi connectivity index (χ1v) is 8.28. The molecule has 0 bridgehead atoms. The SMILES string of the molecule is CCNC(=NCC(=O)NC(C)(C)C)NCC(C)N(C)C1CC1.I. The third-order valence-electron chi connectivity index (χ3n) is 3.62. The van der Waals surface area contributed by atoms with Gasteiger partial charge in [-0.05, 0) is 54.5 Å². The lowest BCUT2D eigenvalue weighted by Crippen LogP contribution is -2.46. The Morgan fingerprint density at radius 1 is 1.30 bits per heavy atom. The highest BCUT2D eigenvalue weighted by Crippen LogP contribution is 2.26. The number of hydrogen-bond donors (Lipinski definition) is 3. The molecular weight excluding hydrogens is 405 g/mol. The molecule has 3 N–H and O–H groups in total. The predicted octanol–water partition coefficient (Wildman–Crippen LogP) is 1.56. The van der Waals surface area contributed by atoms with Crippen molar-refractivity contribution in [3.8, 4) is 0 Å². The van der Waals surface area contributed by atoms with Gasteiger partial charge in [0.1, 0.15) is 6.54 Å². The van der Waals surface area contributed by atoms with Crippen LogP contribution in [0.4, 0.5) is 0 Å². The Balaban J connectivity index is 0.00000484. The first-order valence-electron chi connectivity index (χ1n) is 8.28. The van der Waals surface area contributed by atoms with E-state index in [4.69, 9.17) is 0 Å². The molecule has 1 saturated carbocycles. The topological polar surface area (TPSA) is 68.8 Å². The van der Waals surface area contributed by atoms with Gasteiger partial charge in [0.05, 0.1) is 0 Å². The molecule has 1 aliphatic rings. The van der Waals surface area contributed by atoms with Crippen molar-refractivity contribution < 1.29 is 4.79 Å². The molecule has 0 aromatic heterocycles. The maximum absolute atomic E-state index is 11.8. The molecule has 0 saturated heterocycles. The van der Waals surface area contributed by atoms with Gasteiger partial charge in [-0.15, -0.1) is 24.0 Å². The summed E-state index contributed by atoms with van der Waals surface area (Å²) in [6.07, 6.45) is 2.62. The number of hydrogen-bond acceptors (Lipinski definition) is 3. The van der Waals surface area contributed by atoms with Crippen molar-refractivity contribution in [2.24, 2.45) is 4.99 Å². The lowest BCUT2D eigenvalue weighted by molar-refractivity contribution is -0.121. The predicted molar refractivity (Wildman–Crippen MR) is 108 cm³/mol. The summed E-state index contributed by atoms with van der Waals surface area (Å²) in [4.78, 5) is 18.6. The van der Waals surface area contributed by atoms with Crippen molar-refractivity contribution in [2.45, 2.75) is 65.1 Å². The summed E-state index contributed by atoms with van der Waals surface area (Å²) in [5, 5.41) is 9.41. The second-order valence-electron chi connectivity index (χ2n) is 7.12. The fourth-order valence-corrected chi connectivity index (χ4v) is 2.18. The lowest BCUT2D eigenvalue weighted by atomic mass is 10.1. The van der Waals surface area contributed by atoms with Crippen molar-refractivity contribution in [1.29, 1.82) is 0 Å². The molecule has 7 heteroatoms. The van der Waals surface area contributed by atoms with Crippen molar-refractivity contribution in [1.82, 2.24) is 20.9 Å². The average molecular weight is 439 g/mol. The summed E-state index contributed by atoms with van der Waals surface area (Å²) in [6.45, 7) is 11.9. The largest absolute Gasteiger partial charge is 0.357 e. The van der Waals surface area contributed by atoms with Gasteiger partial charge in [0.2, 0.25) is 5.91 Å². The van der Waals surface area contributed by atoms with Gasteiger partial charge in [-0.3, -0.25) is 9.69 Å². The van der Waals surface area contributed by atoms with Crippen molar-refractivity contribution in [2.75, 3.05) is 26.7 Å². The number of carbonyl (C=O) groups excluding carboxylic acids is 1. The smallest absolute Gasteiger partial charge is 0.242 e. The van der Waals surface area contributed by atoms with E-state index in [-0.39, 0.29) is 42.0 Å². The van der Waals surface area contributed by atoms with Crippen LogP contribution in [0.1, 0.15) is 47.5 Å². The lowest BCUT2D eigenvalue weighted by Gasteiger charge is -2.25. The molecule has 1 rings (SSSR count). The first-order chi connectivity index (χ1) is 10.2. The number of rotatable bonds is 7. The van der Waals surface area contributed by atoms with E-state index < -0.39 is 0 Å². The Labute approximate surface area is 158 Å². The Hall–Kier alpha value is -0.570. The van der Waals surface area contributed by atoms with Crippen LogP contribution in [0.25, 0.3) is 0 Å². The minimum absolute atomic E-state index is 0. The maximum Gasteiger partial charge on any atom is 0.242 e. The third kappa shape index (κ3) is 10.0. The van der Waals surface area contributed by atoms with Crippen LogP contribution in [-0.4, -0.2) is 61.1 Å². The van der Waals surface area contributed by atoms with Crippen molar-refractivity contribution in [3.63, 3.8) is 0 Å². The van der Waals surface area contributed by atoms with E-state index in [9.17, 15) is 4.79 Å². The Kier molecular flexibility index (Phi) is 10.1. The Bertz CT molecular complexity index is 390. The summed E-state index contributed by atoms with van der Waals surface area (Å²) in [7, 11) is 2.17. The normalized spacial score (nSPS) is 16.6. The maximum atomic E-state index is 11.8. The molecule has 1 amide bonds. The summed E-state index contributed by atoms with van der Waals surface area (Å²) < 4.78 is 0. The molecule has 0 aliphatic heterocycles. The molecule has 0 aromatic carbocycles. The van der Waals surface area contributed by atoms with E-state index in [0.29, 0.717) is 12.0 Å². The minimum atomic E-state index is -0.222. The Morgan fingerprint density at radius 2 is 1.91 bits per heavy atom. The van der Waals surface area contributed by atoms with Gasteiger partial charge in [0.15, 0.2) is 5.96 Å². The van der Waals surface area contributed by atoms with Crippen LogP contribution in [0.5, 0.6) is 0 Å². The van der Waals surface area contributed by atoms with Crippen LogP contribution in [0.15, 0.2) is 4.99 Å². The van der Waals surface area contributed by atoms with Crippen molar-refractivity contribution >= 4 is 35.8 Å². The summed E-state index contributed by atoms with van der Waals surface area (Å²) in [5.74, 6) is 0.635. The number of halogens is 1. The standard InChI is InChI=1S/C16H33N5O.HI/c1-7-17-15(19-11-14(22)20-16(3,4)5)18-10-12(2)21(6)13-8-9-13;/h12-13H,7-11H2,1-6H3,(H,20,22)(H2,17,18,19);1H. The van der Waals surface area contributed by atoms with Crippen LogP contribution < -0.4 is 16.0 Å². The fraction of sp³-hybridized carbons (Fsp3) is 0.875. The molecule has 0 radical (unpaired) electrons. The quantitative estimate of drug-likeness (QED) is 0.320. The molecule has 1 atom stereocenters. The zero-order valence-electron chi connectivity index (χ0n) is 15.4. The van der Waals surface area contributed by atoms with Gasteiger partial charge in [-0.2, -0.15) is 0 Å². The summed E-state index contributed by atoms with van der Waals surface area (Å²) >= 11 is 0. The van der Waals surface area contributed by atoms with Gasteiger partial charge in [-0.25, -0.2) is 4.99 Å². The number of guanidine groups is 1. The van der Waals surface area contributed by atoms with Crippen LogP contribution in [0.3, 0.4) is 0 Å². The average Bonchev–Trinajstić information content (AvgIpc) is 3.23. The molecular formula is C16H34IN5O. The first kappa shape index (κ1) is 22.4. The highest BCUT2D eigenvalue weighted by atomic mass is 127. The number of carbonyl (C=O) groups is 1. The zero-order valence-corrected chi connectivity index (χ0v) is 17.7. The molecule has 0 spiro atoms. The van der Waals surface area contributed by atoms with Crippen LogP contribution >= 0.6 is 24.0 Å². The fourth-order valence-electron chi connectivity index (χ4n) is 2.18. The molecule has 1 fully saturated rings. The Morgan fingerprint density at radius 3 is 2.39 bits per heavy atom. The number of amides is 1. The highest BCUT2D eigenvalue weighted by molar-refractivity contribution is 14.0. The van der Waals surface area contributed by atoms with E-state index in [0.717, 1.165) is 19.1 Å². The van der Waals surface area contributed by atoms with E-state index in [2.05, 4.69) is 39.8 Å². The van der Waals surface area contributed by atoms with Crippen LogP contribution in [-0.2, 0) is 4.79 Å². The highest BCUT2D eigenvalue weighted by Gasteiger charge is 2.28. The number of likely N-dealkylation sites (N-methyl/N-ethyl adjacent to an activating group) is 1. The van der Waals surface area contributed by atoms with E-state index in [1.807, 2.05) is 27.7 Å². The van der Waals surface area contributed by atoms with Crippen LogP contribution in [0.2, 0.25) is 0 Å². The number of nitrogens with one attached hydrogen (secondary N) is 3. The monoisotopic (exact) mass is 439 g/mol.